The van der Waals surface area contributed by atoms with Crippen LogP contribution in [0.3, 0.4) is 0 Å². The summed E-state index contributed by atoms with van der Waals surface area (Å²) in [4.78, 5) is 28.6. The maximum atomic E-state index is 15.2. The molecule has 0 spiro atoms. The number of nitrogens with one attached hydrogen (secondary N) is 3. The molecule has 8 nitrogen and oxygen atoms in total. The number of anilines is 1. The van der Waals surface area contributed by atoms with E-state index in [2.05, 4.69) is 30.5 Å². The van der Waals surface area contributed by atoms with Gasteiger partial charge in [0.15, 0.2) is 11.6 Å². The first-order valence-corrected chi connectivity index (χ1v) is 12.0. The highest BCUT2D eigenvalue weighted by molar-refractivity contribution is 5.98. The van der Waals surface area contributed by atoms with Gasteiger partial charge in [-0.3, -0.25) is 19.9 Å². The number of nitrogens with zero attached hydrogens (tertiary/aromatic N) is 4. The molecule has 188 valence electrons. The third-order valence-electron chi connectivity index (χ3n) is 6.18. The smallest absolute Gasteiger partial charge is 0.224 e. The van der Waals surface area contributed by atoms with Gasteiger partial charge in [-0.15, -0.1) is 0 Å². The standard InChI is InChI=1S/C28H21F2N7O/c1-2-4-23(38)33-19-10-17(13-31-14-19)16-11-20-25(21(30)12-16)36-37-26(20)28-34-22-7-8-32-24(27(22)35-28)15-5-3-6-18(29)9-15/h3,5-14H,2,4H2,1H3,(H,33,38)(H,34,35)(H,36,37). The largest absolute Gasteiger partial charge is 0.337 e. The Labute approximate surface area is 215 Å². The lowest BCUT2D eigenvalue weighted by atomic mass is 10.0. The quantitative estimate of drug-likeness (QED) is 0.246. The number of carbonyl (C=O) groups excluding carboxylic acids is 1. The highest BCUT2D eigenvalue weighted by Gasteiger charge is 2.18. The fraction of sp³-hybridized carbons (Fsp3) is 0.107. The number of hydrogen-bond acceptors (Lipinski definition) is 5. The summed E-state index contributed by atoms with van der Waals surface area (Å²) in [7, 11) is 0. The SMILES string of the molecule is CCCC(=O)Nc1cncc(-c2cc(F)c3n[nH]c(-c4nc5c(-c6cccc(F)c6)nccc5[nH]4)c3c2)c1. The van der Waals surface area contributed by atoms with E-state index in [1.165, 1.54) is 18.2 Å². The van der Waals surface area contributed by atoms with Crippen LogP contribution in [0.4, 0.5) is 14.5 Å². The van der Waals surface area contributed by atoms with Gasteiger partial charge in [0.05, 0.1) is 23.1 Å². The van der Waals surface area contributed by atoms with Crippen LogP contribution in [0.25, 0.3) is 55.8 Å². The van der Waals surface area contributed by atoms with Crippen molar-refractivity contribution >= 4 is 33.5 Å². The van der Waals surface area contributed by atoms with E-state index < -0.39 is 5.82 Å². The van der Waals surface area contributed by atoms with Crippen molar-refractivity contribution in [1.82, 2.24) is 30.1 Å². The number of halogens is 2. The van der Waals surface area contributed by atoms with Crippen LogP contribution in [-0.4, -0.2) is 36.0 Å². The third-order valence-corrected chi connectivity index (χ3v) is 6.18. The second kappa shape index (κ2) is 9.47. The first kappa shape index (κ1) is 23.4. The van der Waals surface area contributed by atoms with Gasteiger partial charge in [0.1, 0.15) is 22.5 Å². The van der Waals surface area contributed by atoms with E-state index in [9.17, 15) is 9.18 Å². The van der Waals surface area contributed by atoms with Crippen molar-refractivity contribution < 1.29 is 13.6 Å². The molecule has 0 fully saturated rings. The van der Waals surface area contributed by atoms with Crippen molar-refractivity contribution in [3.63, 3.8) is 0 Å². The summed E-state index contributed by atoms with van der Waals surface area (Å²) < 4.78 is 29.0. The van der Waals surface area contributed by atoms with E-state index in [-0.39, 0.29) is 17.2 Å². The summed E-state index contributed by atoms with van der Waals surface area (Å²) in [5.41, 5.74) is 4.73. The number of aromatic nitrogens is 6. The van der Waals surface area contributed by atoms with Crippen LogP contribution in [-0.2, 0) is 4.79 Å². The van der Waals surface area contributed by atoms with Gasteiger partial charge >= 0.3 is 0 Å². The molecule has 38 heavy (non-hydrogen) atoms. The average molecular weight is 510 g/mol. The fourth-order valence-electron chi connectivity index (χ4n) is 4.44. The molecule has 3 N–H and O–H groups in total. The zero-order valence-electron chi connectivity index (χ0n) is 20.2. The van der Waals surface area contributed by atoms with E-state index in [1.54, 1.807) is 48.9 Å². The molecule has 6 aromatic rings. The van der Waals surface area contributed by atoms with Gasteiger partial charge in [0, 0.05) is 35.3 Å². The molecule has 1 amide bonds. The Morgan fingerprint density at radius 2 is 1.89 bits per heavy atom. The van der Waals surface area contributed by atoms with Gasteiger partial charge in [0.25, 0.3) is 0 Å². The van der Waals surface area contributed by atoms with Gasteiger partial charge in [-0.1, -0.05) is 19.1 Å². The molecule has 10 heteroatoms. The highest BCUT2D eigenvalue weighted by Crippen LogP contribution is 2.34. The normalized spacial score (nSPS) is 11.3. The number of aromatic amines is 2. The number of imidazole rings is 1. The molecule has 4 heterocycles. The van der Waals surface area contributed by atoms with Gasteiger partial charge in [-0.25, -0.2) is 13.8 Å². The van der Waals surface area contributed by atoms with Crippen molar-refractivity contribution in [2.45, 2.75) is 19.8 Å². The fourth-order valence-corrected chi connectivity index (χ4v) is 4.44. The van der Waals surface area contributed by atoms with E-state index >= 15 is 4.39 Å². The molecule has 0 aliphatic carbocycles. The Balaban J connectivity index is 1.43. The molecule has 0 saturated heterocycles. The van der Waals surface area contributed by atoms with Crippen LogP contribution in [0.15, 0.2) is 67.1 Å². The minimum Gasteiger partial charge on any atom is -0.337 e. The van der Waals surface area contributed by atoms with E-state index in [0.29, 0.717) is 62.4 Å². The number of H-pyrrole nitrogens is 2. The Hall–Kier alpha value is -4.99. The van der Waals surface area contributed by atoms with Crippen LogP contribution in [0.2, 0.25) is 0 Å². The van der Waals surface area contributed by atoms with Crippen molar-refractivity contribution in [3.05, 3.63) is 78.8 Å². The van der Waals surface area contributed by atoms with Gasteiger partial charge in [-0.2, -0.15) is 5.10 Å². The maximum Gasteiger partial charge on any atom is 0.224 e. The Morgan fingerprint density at radius 3 is 2.74 bits per heavy atom. The van der Waals surface area contributed by atoms with Crippen LogP contribution in [0.5, 0.6) is 0 Å². The van der Waals surface area contributed by atoms with E-state index in [0.717, 1.165) is 6.42 Å². The Bertz CT molecular complexity index is 1830. The molecule has 0 aliphatic heterocycles. The Kier molecular flexibility index (Phi) is 5.83. The molecule has 0 aliphatic rings. The first-order valence-electron chi connectivity index (χ1n) is 12.0. The van der Waals surface area contributed by atoms with E-state index in [1.807, 2.05) is 6.92 Å². The molecule has 0 unspecified atom stereocenters. The molecule has 0 atom stereocenters. The molecular formula is C28H21F2N7O. The van der Waals surface area contributed by atoms with Crippen LogP contribution >= 0.6 is 0 Å². The molecular weight excluding hydrogens is 488 g/mol. The lowest BCUT2D eigenvalue weighted by Crippen LogP contribution is -2.10. The average Bonchev–Trinajstić information content (AvgIpc) is 3.53. The van der Waals surface area contributed by atoms with Gasteiger partial charge in [-0.05, 0) is 48.4 Å². The number of rotatable bonds is 6. The zero-order chi connectivity index (χ0) is 26.2. The molecule has 4 aromatic heterocycles. The van der Waals surface area contributed by atoms with Gasteiger partial charge < -0.3 is 10.3 Å². The van der Waals surface area contributed by atoms with Crippen LogP contribution < -0.4 is 5.32 Å². The molecule has 0 saturated carbocycles. The Morgan fingerprint density at radius 1 is 1.00 bits per heavy atom. The van der Waals surface area contributed by atoms with Crippen molar-refractivity contribution in [2.75, 3.05) is 5.32 Å². The first-order chi connectivity index (χ1) is 18.5. The van der Waals surface area contributed by atoms with E-state index in [4.69, 9.17) is 4.98 Å². The summed E-state index contributed by atoms with van der Waals surface area (Å²) in [5, 5.41) is 10.4. The van der Waals surface area contributed by atoms with Gasteiger partial charge in [0.2, 0.25) is 5.91 Å². The number of benzene rings is 2. The topological polar surface area (TPSA) is 112 Å². The van der Waals surface area contributed by atoms with Crippen molar-refractivity contribution in [2.24, 2.45) is 0 Å². The summed E-state index contributed by atoms with van der Waals surface area (Å²) >= 11 is 0. The second-order valence-electron chi connectivity index (χ2n) is 8.86. The summed E-state index contributed by atoms with van der Waals surface area (Å²) in [5.74, 6) is -0.563. The summed E-state index contributed by atoms with van der Waals surface area (Å²) in [6.45, 7) is 1.93. The predicted octanol–water partition coefficient (Wildman–Crippen LogP) is 6.25. The summed E-state index contributed by atoms with van der Waals surface area (Å²) in [6.07, 6.45) is 5.90. The lowest BCUT2D eigenvalue weighted by Gasteiger charge is -2.07. The number of amides is 1. The third kappa shape index (κ3) is 4.26. The molecule has 0 bridgehead atoms. The number of carbonyl (C=O) groups is 1. The minimum atomic E-state index is -0.515. The highest BCUT2D eigenvalue weighted by atomic mass is 19.1. The van der Waals surface area contributed by atoms with Crippen LogP contribution in [0, 0.1) is 11.6 Å². The number of hydrogen-bond donors (Lipinski definition) is 3. The second-order valence-corrected chi connectivity index (χ2v) is 8.86. The van der Waals surface area contributed by atoms with Crippen LogP contribution in [0.1, 0.15) is 19.8 Å². The molecule has 0 radical (unpaired) electrons. The summed E-state index contributed by atoms with van der Waals surface area (Å²) in [6, 6.07) is 12.8. The molecule has 2 aromatic carbocycles. The number of fused-ring (bicyclic) bond motifs is 2. The minimum absolute atomic E-state index is 0.109. The lowest BCUT2D eigenvalue weighted by molar-refractivity contribution is -0.116. The monoisotopic (exact) mass is 509 g/mol. The molecule has 6 rings (SSSR count). The van der Waals surface area contributed by atoms with Crippen molar-refractivity contribution in [1.29, 1.82) is 0 Å². The maximum absolute atomic E-state index is 15.2. The predicted molar refractivity (Wildman–Crippen MR) is 141 cm³/mol. The van der Waals surface area contributed by atoms with Crippen molar-refractivity contribution in [3.8, 4) is 33.9 Å². The number of pyridine rings is 2. The zero-order valence-corrected chi connectivity index (χ0v) is 20.2.